The van der Waals surface area contributed by atoms with E-state index in [1.165, 1.54) is 6.07 Å². The molecule has 3 nitrogen and oxygen atoms in total. The second kappa shape index (κ2) is 6.66. The number of piperidine rings is 1. The van der Waals surface area contributed by atoms with Crippen molar-refractivity contribution >= 4 is 0 Å². The minimum atomic E-state index is -4.65. The molecule has 1 heterocycles. The summed E-state index contributed by atoms with van der Waals surface area (Å²) in [6.07, 6.45) is -2.68. The lowest BCUT2D eigenvalue weighted by atomic mass is 9.91. The van der Waals surface area contributed by atoms with Gasteiger partial charge in [-0.25, -0.2) is 0 Å². The Labute approximate surface area is 122 Å². The molecule has 21 heavy (non-hydrogen) atoms. The molecule has 1 aromatic carbocycles. The minimum Gasteiger partial charge on any atom is -0.405 e. The number of likely N-dealkylation sites (tertiary alicyclic amines) is 1. The molecule has 1 saturated heterocycles. The number of nitrogens with two attached hydrogens (primary N) is 1. The first-order valence-electron chi connectivity index (χ1n) is 7.17. The van der Waals surface area contributed by atoms with Gasteiger partial charge in [-0.3, -0.25) is 4.90 Å². The van der Waals surface area contributed by atoms with Crippen molar-refractivity contribution in [2.24, 2.45) is 11.7 Å². The molecule has 0 aromatic heterocycles. The van der Waals surface area contributed by atoms with Crippen LogP contribution < -0.4 is 10.5 Å². The molecule has 1 fully saturated rings. The number of halogens is 3. The van der Waals surface area contributed by atoms with Crippen LogP contribution >= 0.6 is 0 Å². The van der Waals surface area contributed by atoms with Gasteiger partial charge in [-0.1, -0.05) is 18.2 Å². The maximum Gasteiger partial charge on any atom is 0.573 e. The molecule has 0 amide bonds. The fourth-order valence-electron chi connectivity index (χ4n) is 2.74. The lowest BCUT2D eigenvalue weighted by Gasteiger charge is -2.34. The van der Waals surface area contributed by atoms with Crippen LogP contribution in [0.4, 0.5) is 13.2 Å². The standard InChI is InChI=1S/C15H21F3N2O/c1-11(19)12-6-8-20(9-7-12)10-13-4-2-3-5-14(13)21-15(16,17)18/h2-5,11-12H,6-10,19H2,1H3. The number of ether oxygens (including phenoxy) is 1. The van der Waals surface area contributed by atoms with Crippen molar-refractivity contribution in [2.45, 2.75) is 38.7 Å². The number of alkyl halides is 3. The van der Waals surface area contributed by atoms with E-state index >= 15 is 0 Å². The van der Waals surface area contributed by atoms with Gasteiger partial charge in [-0.05, 0) is 44.8 Å². The zero-order valence-electron chi connectivity index (χ0n) is 12.1. The maximum atomic E-state index is 12.4. The number of hydrogen-bond donors (Lipinski definition) is 1. The number of hydrogen-bond acceptors (Lipinski definition) is 3. The fraction of sp³-hybridized carbons (Fsp3) is 0.600. The first-order chi connectivity index (χ1) is 9.85. The second-order valence-electron chi connectivity index (χ2n) is 5.63. The summed E-state index contributed by atoms with van der Waals surface area (Å²) >= 11 is 0. The van der Waals surface area contributed by atoms with E-state index in [2.05, 4.69) is 9.64 Å². The van der Waals surface area contributed by atoms with Crippen LogP contribution in [-0.2, 0) is 6.54 Å². The van der Waals surface area contributed by atoms with E-state index in [1.807, 2.05) is 6.92 Å². The number of rotatable bonds is 4. The highest BCUT2D eigenvalue weighted by Crippen LogP contribution is 2.28. The van der Waals surface area contributed by atoms with Gasteiger partial charge in [0.05, 0.1) is 0 Å². The Morgan fingerprint density at radius 2 is 1.90 bits per heavy atom. The molecule has 1 aliphatic rings. The van der Waals surface area contributed by atoms with Crippen molar-refractivity contribution in [3.8, 4) is 5.75 Å². The highest BCUT2D eigenvalue weighted by molar-refractivity contribution is 5.33. The number of para-hydroxylation sites is 1. The van der Waals surface area contributed by atoms with Crippen LogP contribution in [0.1, 0.15) is 25.3 Å². The van der Waals surface area contributed by atoms with Crippen molar-refractivity contribution in [1.82, 2.24) is 4.90 Å². The molecule has 1 aromatic rings. The molecule has 2 N–H and O–H groups in total. The SMILES string of the molecule is CC(N)C1CCN(Cc2ccccc2OC(F)(F)F)CC1. The maximum absolute atomic E-state index is 12.4. The Morgan fingerprint density at radius 1 is 1.29 bits per heavy atom. The molecule has 0 spiro atoms. The number of benzene rings is 1. The molecule has 2 rings (SSSR count). The molecule has 0 saturated carbocycles. The quantitative estimate of drug-likeness (QED) is 0.928. The van der Waals surface area contributed by atoms with E-state index in [0.717, 1.165) is 25.9 Å². The Balaban J connectivity index is 1.98. The van der Waals surface area contributed by atoms with Gasteiger partial charge in [0.2, 0.25) is 0 Å². The summed E-state index contributed by atoms with van der Waals surface area (Å²) in [5, 5.41) is 0. The summed E-state index contributed by atoms with van der Waals surface area (Å²) in [4.78, 5) is 2.15. The van der Waals surface area contributed by atoms with Crippen molar-refractivity contribution in [3.63, 3.8) is 0 Å². The highest BCUT2D eigenvalue weighted by Gasteiger charge is 2.32. The predicted octanol–water partition coefficient (Wildman–Crippen LogP) is 3.14. The Bertz CT molecular complexity index is 454. The van der Waals surface area contributed by atoms with Crippen molar-refractivity contribution in [1.29, 1.82) is 0 Å². The third-order valence-corrected chi connectivity index (χ3v) is 3.97. The first-order valence-corrected chi connectivity index (χ1v) is 7.17. The van der Waals surface area contributed by atoms with Gasteiger partial charge in [-0.15, -0.1) is 13.2 Å². The molecular weight excluding hydrogens is 281 g/mol. The normalized spacial score (nSPS) is 19.5. The third kappa shape index (κ3) is 4.89. The lowest BCUT2D eigenvalue weighted by molar-refractivity contribution is -0.275. The van der Waals surface area contributed by atoms with Crippen molar-refractivity contribution in [3.05, 3.63) is 29.8 Å². The van der Waals surface area contributed by atoms with E-state index in [1.54, 1.807) is 18.2 Å². The van der Waals surface area contributed by atoms with Crippen molar-refractivity contribution in [2.75, 3.05) is 13.1 Å². The Kier molecular flexibility index (Phi) is 5.11. The first kappa shape index (κ1) is 16.1. The van der Waals surface area contributed by atoms with Gasteiger partial charge >= 0.3 is 6.36 Å². The van der Waals surface area contributed by atoms with Crippen LogP contribution in [0, 0.1) is 5.92 Å². The van der Waals surface area contributed by atoms with Gasteiger partial charge in [0.15, 0.2) is 0 Å². The van der Waals surface area contributed by atoms with Gasteiger partial charge < -0.3 is 10.5 Å². The van der Waals surface area contributed by atoms with Gasteiger partial charge in [0.25, 0.3) is 0 Å². The predicted molar refractivity (Wildman–Crippen MR) is 74.8 cm³/mol. The molecule has 118 valence electrons. The zero-order chi connectivity index (χ0) is 15.5. The summed E-state index contributed by atoms with van der Waals surface area (Å²) in [6.45, 7) is 4.18. The smallest absolute Gasteiger partial charge is 0.405 e. The van der Waals surface area contributed by atoms with Gasteiger partial charge in [-0.2, -0.15) is 0 Å². The molecule has 1 unspecified atom stereocenters. The van der Waals surface area contributed by atoms with E-state index in [0.29, 0.717) is 18.0 Å². The minimum absolute atomic E-state index is 0.112. The molecule has 0 aliphatic carbocycles. The largest absolute Gasteiger partial charge is 0.573 e. The Hall–Kier alpha value is -1.27. The highest BCUT2D eigenvalue weighted by atomic mass is 19.4. The van der Waals surface area contributed by atoms with Crippen LogP contribution in [0.2, 0.25) is 0 Å². The molecule has 6 heteroatoms. The van der Waals surface area contributed by atoms with Crippen LogP contribution in [0.3, 0.4) is 0 Å². The summed E-state index contributed by atoms with van der Waals surface area (Å²) < 4.78 is 41.3. The van der Waals surface area contributed by atoms with Crippen LogP contribution in [0.25, 0.3) is 0 Å². The third-order valence-electron chi connectivity index (χ3n) is 3.97. The lowest BCUT2D eigenvalue weighted by Crippen LogP contribution is -2.39. The average molecular weight is 302 g/mol. The fourth-order valence-corrected chi connectivity index (χ4v) is 2.74. The van der Waals surface area contributed by atoms with Crippen LogP contribution in [0.5, 0.6) is 5.75 Å². The monoisotopic (exact) mass is 302 g/mol. The number of nitrogens with zero attached hydrogens (tertiary/aromatic N) is 1. The van der Waals surface area contributed by atoms with E-state index < -0.39 is 6.36 Å². The molecule has 0 radical (unpaired) electrons. The van der Waals surface area contributed by atoms with Crippen LogP contribution in [-0.4, -0.2) is 30.4 Å². The van der Waals surface area contributed by atoms with E-state index in [-0.39, 0.29) is 11.8 Å². The molecular formula is C15H21F3N2O. The summed E-state index contributed by atoms with van der Waals surface area (Å²) in [5.74, 6) is 0.391. The average Bonchev–Trinajstić information content (AvgIpc) is 2.40. The van der Waals surface area contributed by atoms with Gasteiger partial charge in [0, 0.05) is 18.2 Å². The summed E-state index contributed by atoms with van der Waals surface area (Å²) in [6, 6.07) is 6.49. The van der Waals surface area contributed by atoms with Gasteiger partial charge in [0.1, 0.15) is 5.75 Å². The Morgan fingerprint density at radius 3 is 2.48 bits per heavy atom. The molecule has 0 bridgehead atoms. The summed E-state index contributed by atoms with van der Waals surface area (Å²) in [7, 11) is 0. The molecule has 1 atom stereocenters. The van der Waals surface area contributed by atoms with Crippen molar-refractivity contribution < 1.29 is 17.9 Å². The molecule has 1 aliphatic heterocycles. The second-order valence-corrected chi connectivity index (χ2v) is 5.63. The topological polar surface area (TPSA) is 38.5 Å². The summed E-state index contributed by atoms with van der Waals surface area (Å²) in [5.41, 5.74) is 6.46. The van der Waals surface area contributed by atoms with E-state index in [4.69, 9.17) is 5.73 Å². The van der Waals surface area contributed by atoms with E-state index in [9.17, 15) is 13.2 Å². The zero-order valence-corrected chi connectivity index (χ0v) is 12.1. The van der Waals surface area contributed by atoms with Crippen LogP contribution in [0.15, 0.2) is 24.3 Å².